The van der Waals surface area contributed by atoms with Gasteiger partial charge in [-0.3, -0.25) is 29.9 Å². The number of benzene rings is 4. The molecule has 0 bridgehead atoms. The van der Waals surface area contributed by atoms with Gasteiger partial charge < -0.3 is 0 Å². The summed E-state index contributed by atoms with van der Waals surface area (Å²) >= 11 is 0. The first kappa shape index (κ1) is 26.4. The number of hydrazone groups is 1. The number of aryl methyl sites for hydroxylation is 1. The standard InChI is InChI=1S/C29H23N5O5/c1-20-12-14-23(15-13-20)28(36)32-33(24-10-6-3-7-11-24)29(37)26(21-8-4-2-5-9-21)30-31-27(35)22-16-18-25(19-17-22)34(38)39/h2-19H,1H3,(H,31,35)(H,32,36)/b30-26-. The van der Waals surface area contributed by atoms with E-state index in [-0.39, 0.29) is 17.0 Å². The Bertz CT molecular complexity index is 1520. The topological polar surface area (TPSA) is 134 Å². The fraction of sp³-hybridized carbons (Fsp3) is 0.0345. The number of anilines is 1. The molecule has 0 saturated heterocycles. The highest BCUT2D eigenvalue weighted by Gasteiger charge is 2.26. The summed E-state index contributed by atoms with van der Waals surface area (Å²) in [6.07, 6.45) is 0. The molecule has 0 saturated carbocycles. The molecule has 0 aliphatic carbocycles. The number of rotatable bonds is 7. The predicted octanol–water partition coefficient (Wildman–Crippen LogP) is 4.42. The summed E-state index contributed by atoms with van der Waals surface area (Å²) in [6, 6.07) is 28.7. The fourth-order valence-electron chi connectivity index (χ4n) is 3.52. The van der Waals surface area contributed by atoms with Crippen molar-refractivity contribution in [3.8, 4) is 0 Å². The average Bonchev–Trinajstić information content (AvgIpc) is 2.97. The minimum absolute atomic E-state index is 0.108. The van der Waals surface area contributed by atoms with Gasteiger partial charge in [0.05, 0.1) is 10.6 Å². The highest BCUT2D eigenvalue weighted by Crippen LogP contribution is 2.16. The summed E-state index contributed by atoms with van der Waals surface area (Å²) in [4.78, 5) is 50.0. The van der Waals surface area contributed by atoms with Crippen LogP contribution in [0.5, 0.6) is 0 Å². The van der Waals surface area contributed by atoms with Crippen molar-refractivity contribution in [2.24, 2.45) is 5.10 Å². The zero-order chi connectivity index (χ0) is 27.8. The van der Waals surface area contributed by atoms with E-state index in [1.807, 2.05) is 6.92 Å². The van der Waals surface area contributed by atoms with E-state index in [2.05, 4.69) is 16.0 Å². The molecule has 10 nitrogen and oxygen atoms in total. The first-order valence-electron chi connectivity index (χ1n) is 11.8. The van der Waals surface area contributed by atoms with Gasteiger partial charge in [0.25, 0.3) is 23.4 Å². The number of non-ortho nitro benzene ring substituents is 1. The lowest BCUT2D eigenvalue weighted by molar-refractivity contribution is -0.384. The van der Waals surface area contributed by atoms with Gasteiger partial charge >= 0.3 is 0 Å². The Kier molecular flexibility index (Phi) is 8.17. The van der Waals surface area contributed by atoms with Crippen molar-refractivity contribution in [1.82, 2.24) is 10.9 Å². The molecule has 4 rings (SSSR count). The molecule has 0 aromatic heterocycles. The largest absolute Gasteiger partial charge is 0.298 e. The first-order chi connectivity index (χ1) is 18.8. The Morgan fingerprint density at radius 2 is 1.26 bits per heavy atom. The van der Waals surface area contributed by atoms with Crippen LogP contribution >= 0.6 is 0 Å². The molecule has 2 N–H and O–H groups in total. The molecule has 10 heteroatoms. The number of hydrogen-bond donors (Lipinski definition) is 2. The van der Waals surface area contributed by atoms with Crippen molar-refractivity contribution in [3.05, 3.63) is 142 Å². The van der Waals surface area contributed by atoms with Crippen LogP contribution in [-0.2, 0) is 4.79 Å². The summed E-state index contributed by atoms with van der Waals surface area (Å²) in [5, 5.41) is 16.1. The summed E-state index contributed by atoms with van der Waals surface area (Å²) in [6.45, 7) is 1.90. The van der Waals surface area contributed by atoms with E-state index >= 15 is 0 Å². The number of nitrogens with one attached hydrogen (secondary N) is 2. The Morgan fingerprint density at radius 1 is 0.718 bits per heavy atom. The highest BCUT2D eigenvalue weighted by atomic mass is 16.6. The highest BCUT2D eigenvalue weighted by molar-refractivity contribution is 6.49. The Hall–Kier alpha value is -5.64. The normalized spacial score (nSPS) is 10.8. The second-order valence-electron chi connectivity index (χ2n) is 8.35. The molecule has 0 aliphatic rings. The van der Waals surface area contributed by atoms with Crippen molar-refractivity contribution in [2.75, 3.05) is 5.01 Å². The lowest BCUT2D eigenvalue weighted by Gasteiger charge is -2.24. The van der Waals surface area contributed by atoms with Crippen molar-refractivity contribution in [3.63, 3.8) is 0 Å². The van der Waals surface area contributed by atoms with Crippen molar-refractivity contribution in [1.29, 1.82) is 0 Å². The number of nitrogens with zero attached hydrogens (tertiary/aromatic N) is 3. The van der Waals surface area contributed by atoms with E-state index in [1.54, 1.807) is 84.9 Å². The average molecular weight is 522 g/mol. The van der Waals surface area contributed by atoms with Gasteiger partial charge in [-0.1, -0.05) is 66.2 Å². The molecule has 0 atom stereocenters. The maximum Gasteiger partial charge on any atom is 0.298 e. The molecule has 194 valence electrons. The van der Waals surface area contributed by atoms with Gasteiger partial charge in [0, 0.05) is 28.8 Å². The van der Waals surface area contributed by atoms with Gasteiger partial charge in [-0.15, -0.1) is 0 Å². The van der Waals surface area contributed by atoms with Crippen LogP contribution in [0.25, 0.3) is 0 Å². The van der Waals surface area contributed by atoms with Crippen molar-refractivity contribution >= 4 is 34.8 Å². The van der Waals surface area contributed by atoms with Crippen LogP contribution in [0.2, 0.25) is 0 Å². The van der Waals surface area contributed by atoms with E-state index < -0.39 is 22.6 Å². The third-order valence-corrected chi connectivity index (χ3v) is 5.60. The summed E-state index contributed by atoms with van der Waals surface area (Å²) in [5.41, 5.74) is 6.85. The maximum atomic E-state index is 13.9. The zero-order valence-corrected chi connectivity index (χ0v) is 20.8. The van der Waals surface area contributed by atoms with Gasteiger partial charge in [-0.05, 0) is 43.3 Å². The van der Waals surface area contributed by atoms with Crippen LogP contribution < -0.4 is 15.9 Å². The molecule has 39 heavy (non-hydrogen) atoms. The molecule has 3 amide bonds. The molecule has 4 aromatic rings. The number of nitro benzene ring substituents is 1. The van der Waals surface area contributed by atoms with Gasteiger partial charge in [0.15, 0.2) is 5.71 Å². The minimum atomic E-state index is -0.711. The zero-order valence-electron chi connectivity index (χ0n) is 20.8. The number of carbonyl (C=O) groups excluding carboxylic acids is 3. The van der Waals surface area contributed by atoms with E-state index in [9.17, 15) is 24.5 Å². The van der Waals surface area contributed by atoms with Crippen LogP contribution in [0.3, 0.4) is 0 Å². The second kappa shape index (κ2) is 12.1. The molecule has 4 aromatic carbocycles. The molecule has 0 radical (unpaired) electrons. The molecule has 0 fully saturated rings. The monoisotopic (exact) mass is 521 g/mol. The van der Waals surface area contributed by atoms with Crippen LogP contribution in [-0.4, -0.2) is 28.4 Å². The molecular formula is C29H23N5O5. The third kappa shape index (κ3) is 6.57. The lowest BCUT2D eigenvalue weighted by Crippen LogP contribution is -2.50. The Labute approximate surface area is 223 Å². The Balaban J connectivity index is 1.67. The molecule has 0 aliphatic heterocycles. The number of carbonyl (C=O) groups is 3. The van der Waals surface area contributed by atoms with Crippen molar-refractivity contribution in [2.45, 2.75) is 6.92 Å². The van der Waals surface area contributed by atoms with Crippen LogP contribution in [0, 0.1) is 17.0 Å². The van der Waals surface area contributed by atoms with Crippen LogP contribution in [0.4, 0.5) is 11.4 Å². The summed E-state index contributed by atoms with van der Waals surface area (Å²) < 4.78 is 0. The fourth-order valence-corrected chi connectivity index (χ4v) is 3.52. The SMILES string of the molecule is Cc1ccc(C(=O)NN(C(=O)/C(=N\NC(=O)c2ccc([N+](=O)[O-])cc2)c2ccccc2)c2ccccc2)cc1. The quantitative estimate of drug-likeness (QED) is 0.211. The summed E-state index contributed by atoms with van der Waals surface area (Å²) in [5.74, 6) is -1.91. The molecule has 0 spiro atoms. The predicted molar refractivity (Wildman–Crippen MR) is 146 cm³/mol. The van der Waals surface area contributed by atoms with E-state index in [0.29, 0.717) is 16.8 Å². The smallest absolute Gasteiger partial charge is 0.267 e. The van der Waals surface area contributed by atoms with Crippen LogP contribution in [0.1, 0.15) is 31.8 Å². The van der Waals surface area contributed by atoms with E-state index in [4.69, 9.17) is 0 Å². The number of para-hydroxylation sites is 1. The van der Waals surface area contributed by atoms with E-state index in [0.717, 1.165) is 10.6 Å². The van der Waals surface area contributed by atoms with Crippen LogP contribution in [0.15, 0.2) is 114 Å². The minimum Gasteiger partial charge on any atom is -0.267 e. The first-order valence-corrected chi connectivity index (χ1v) is 11.8. The van der Waals surface area contributed by atoms with E-state index in [1.165, 1.54) is 24.3 Å². The number of hydrogen-bond acceptors (Lipinski definition) is 6. The van der Waals surface area contributed by atoms with Gasteiger partial charge in [-0.2, -0.15) is 5.10 Å². The molecular weight excluding hydrogens is 498 g/mol. The molecule has 0 unspecified atom stereocenters. The number of amides is 3. The van der Waals surface area contributed by atoms with Gasteiger partial charge in [0.2, 0.25) is 0 Å². The molecule has 0 heterocycles. The second-order valence-corrected chi connectivity index (χ2v) is 8.35. The third-order valence-electron chi connectivity index (χ3n) is 5.60. The van der Waals surface area contributed by atoms with Crippen molar-refractivity contribution < 1.29 is 19.3 Å². The maximum absolute atomic E-state index is 13.9. The van der Waals surface area contributed by atoms with Gasteiger partial charge in [0.1, 0.15) is 0 Å². The number of nitro groups is 1. The summed E-state index contributed by atoms with van der Waals surface area (Å²) in [7, 11) is 0. The van der Waals surface area contributed by atoms with Gasteiger partial charge in [-0.25, -0.2) is 10.4 Å². The lowest BCUT2D eigenvalue weighted by atomic mass is 10.1. The number of hydrazine groups is 1. The Morgan fingerprint density at radius 3 is 1.85 bits per heavy atom.